The summed E-state index contributed by atoms with van der Waals surface area (Å²) in [4.78, 5) is 27.0. The number of rotatable bonds is 40. The third kappa shape index (κ3) is 29.9. The van der Waals surface area contributed by atoms with Crippen LogP contribution >= 0.6 is 0 Å². The maximum atomic E-state index is 12.5. The zero-order chi connectivity index (χ0) is 37.1. The van der Waals surface area contributed by atoms with Gasteiger partial charge < -0.3 is 19.5 Å². The van der Waals surface area contributed by atoms with Crippen molar-refractivity contribution in [1.82, 2.24) is 4.90 Å². The predicted octanol–water partition coefficient (Wildman–Crippen LogP) is 12.5. The van der Waals surface area contributed by atoms with Gasteiger partial charge in [0, 0.05) is 19.4 Å². The van der Waals surface area contributed by atoms with Gasteiger partial charge in [-0.05, 0) is 95.1 Å². The molecule has 6 heteroatoms. The Kier molecular flexibility index (Phi) is 32.5. The number of esters is 2. The van der Waals surface area contributed by atoms with Crippen molar-refractivity contribution in [3.63, 3.8) is 0 Å². The van der Waals surface area contributed by atoms with Gasteiger partial charge in [-0.25, -0.2) is 0 Å². The molecule has 0 aliphatic heterocycles. The SMILES string of the molecule is CCCCCCCCCC(=O)OCCCC1(CCCN(CCO)CCCCCCCC(=O)OCC(CCCCCCC)CCCCCCC)CC1. The zero-order valence-corrected chi connectivity index (χ0v) is 34.5. The summed E-state index contributed by atoms with van der Waals surface area (Å²) in [7, 11) is 0. The van der Waals surface area contributed by atoms with Gasteiger partial charge in [0.05, 0.1) is 19.8 Å². The Morgan fingerprint density at radius 1 is 0.549 bits per heavy atom. The maximum absolute atomic E-state index is 12.5. The maximum Gasteiger partial charge on any atom is 0.305 e. The summed E-state index contributed by atoms with van der Waals surface area (Å²) in [5, 5.41) is 9.63. The average Bonchev–Trinajstić information content (AvgIpc) is 3.90. The molecule has 0 aromatic rings. The van der Waals surface area contributed by atoms with Crippen LogP contribution in [0.4, 0.5) is 0 Å². The molecule has 1 N–H and O–H groups in total. The molecule has 1 saturated carbocycles. The van der Waals surface area contributed by atoms with Crippen LogP contribution in [0.2, 0.25) is 0 Å². The summed E-state index contributed by atoms with van der Waals surface area (Å²) < 4.78 is 11.3. The van der Waals surface area contributed by atoms with Crippen molar-refractivity contribution in [1.29, 1.82) is 0 Å². The number of unbranched alkanes of at least 4 members (excludes halogenated alkanes) is 18. The van der Waals surface area contributed by atoms with Crippen molar-refractivity contribution in [2.75, 3.05) is 39.5 Å². The Morgan fingerprint density at radius 2 is 1.00 bits per heavy atom. The fraction of sp³-hybridized carbons (Fsp3) is 0.956. The summed E-state index contributed by atoms with van der Waals surface area (Å²) in [5.74, 6) is 0.524. The first-order valence-electron chi connectivity index (χ1n) is 22.6. The van der Waals surface area contributed by atoms with Gasteiger partial charge in [0.25, 0.3) is 0 Å². The second-order valence-corrected chi connectivity index (χ2v) is 16.3. The van der Waals surface area contributed by atoms with Crippen molar-refractivity contribution in [2.45, 2.75) is 226 Å². The molecule has 1 aliphatic carbocycles. The predicted molar refractivity (Wildman–Crippen MR) is 216 cm³/mol. The molecule has 1 fully saturated rings. The summed E-state index contributed by atoms with van der Waals surface area (Å²) in [6, 6.07) is 0. The number of aliphatic hydroxyl groups excluding tert-OH is 1. The number of hydrogen-bond donors (Lipinski definition) is 1. The van der Waals surface area contributed by atoms with Crippen LogP contribution in [0.3, 0.4) is 0 Å². The smallest absolute Gasteiger partial charge is 0.305 e. The van der Waals surface area contributed by atoms with E-state index in [1.165, 1.54) is 148 Å². The van der Waals surface area contributed by atoms with Gasteiger partial charge in [-0.2, -0.15) is 0 Å². The molecule has 0 amide bonds. The Labute approximate surface area is 317 Å². The number of aliphatic hydroxyl groups is 1. The number of carbonyl (C=O) groups excluding carboxylic acids is 2. The van der Waals surface area contributed by atoms with E-state index >= 15 is 0 Å². The highest BCUT2D eigenvalue weighted by molar-refractivity contribution is 5.69. The van der Waals surface area contributed by atoms with E-state index in [2.05, 4.69) is 25.7 Å². The molecule has 0 atom stereocenters. The molecule has 6 nitrogen and oxygen atoms in total. The van der Waals surface area contributed by atoms with Crippen molar-refractivity contribution < 1.29 is 24.2 Å². The quantitative estimate of drug-likeness (QED) is 0.0501. The monoisotopic (exact) mass is 722 g/mol. The second kappa shape index (κ2) is 34.6. The van der Waals surface area contributed by atoms with Gasteiger partial charge >= 0.3 is 11.9 Å². The molecule has 302 valence electrons. The standard InChI is InChI=1S/C45H87NO5/c1-4-7-10-13-14-18-23-30-43(48)50-40-27-33-45(34-35-45)32-26-37-46(38-39-47)36-25-20-15-19-24-31-44(49)51-41-42(28-21-16-11-8-5-2)29-22-17-12-9-6-3/h42,47H,4-41H2,1-3H3. The fourth-order valence-corrected chi connectivity index (χ4v) is 7.69. The molecule has 0 unspecified atom stereocenters. The van der Waals surface area contributed by atoms with Crippen LogP contribution in [-0.2, 0) is 19.1 Å². The Hall–Kier alpha value is -1.14. The highest BCUT2D eigenvalue weighted by Crippen LogP contribution is 2.53. The first-order valence-corrected chi connectivity index (χ1v) is 22.6. The highest BCUT2D eigenvalue weighted by atomic mass is 16.5. The lowest BCUT2D eigenvalue weighted by molar-refractivity contribution is -0.145. The third-order valence-electron chi connectivity index (χ3n) is 11.4. The Balaban J connectivity index is 2.11. The van der Waals surface area contributed by atoms with Crippen LogP contribution in [0.15, 0.2) is 0 Å². The van der Waals surface area contributed by atoms with E-state index in [0.29, 0.717) is 37.4 Å². The molecule has 0 radical (unpaired) electrons. The van der Waals surface area contributed by atoms with Gasteiger partial charge in [-0.1, -0.05) is 143 Å². The minimum Gasteiger partial charge on any atom is -0.466 e. The highest BCUT2D eigenvalue weighted by Gasteiger charge is 2.41. The Morgan fingerprint density at radius 3 is 1.53 bits per heavy atom. The minimum atomic E-state index is -0.0126. The number of carbonyl (C=O) groups is 2. The number of nitrogens with zero attached hydrogens (tertiary/aromatic N) is 1. The van der Waals surface area contributed by atoms with E-state index in [0.717, 1.165) is 64.6 Å². The van der Waals surface area contributed by atoms with E-state index in [4.69, 9.17) is 9.47 Å². The summed E-state index contributed by atoms with van der Waals surface area (Å²) in [6.07, 6.45) is 37.9. The molecule has 0 heterocycles. The molecule has 0 aromatic carbocycles. The van der Waals surface area contributed by atoms with E-state index in [-0.39, 0.29) is 18.5 Å². The van der Waals surface area contributed by atoms with Gasteiger partial charge in [0.1, 0.15) is 0 Å². The molecule has 0 spiro atoms. The van der Waals surface area contributed by atoms with Crippen LogP contribution in [0.1, 0.15) is 226 Å². The number of hydrogen-bond acceptors (Lipinski definition) is 6. The van der Waals surface area contributed by atoms with Crippen LogP contribution in [0.5, 0.6) is 0 Å². The largest absolute Gasteiger partial charge is 0.466 e. The van der Waals surface area contributed by atoms with Crippen LogP contribution in [-0.4, -0.2) is 61.4 Å². The van der Waals surface area contributed by atoms with Gasteiger partial charge in [-0.15, -0.1) is 0 Å². The zero-order valence-electron chi connectivity index (χ0n) is 34.5. The van der Waals surface area contributed by atoms with Crippen molar-refractivity contribution in [3.8, 4) is 0 Å². The molecule has 1 aliphatic rings. The average molecular weight is 722 g/mol. The summed E-state index contributed by atoms with van der Waals surface area (Å²) in [5.41, 5.74) is 0.473. The lowest BCUT2D eigenvalue weighted by Gasteiger charge is -2.23. The molecular weight excluding hydrogens is 634 g/mol. The van der Waals surface area contributed by atoms with Gasteiger partial charge in [0.15, 0.2) is 0 Å². The normalized spacial score (nSPS) is 13.7. The van der Waals surface area contributed by atoms with E-state index in [9.17, 15) is 14.7 Å². The van der Waals surface area contributed by atoms with E-state index < -0.39 is 0 Å². The van der Waals surface area contributed by atoms with Crippen LogP contribution < -0.4 is 0 Å². The second-order valence-electron chi connectivity index (χ2n) is 16.3. The minimum absolute atomic E-state index is 0.000612. The topological polar surface area (TPSA) is 76.1 Å². The molecule has 0 bridgehead atoms. The lowest BCUT2D eigenvalue weighted by Crippen LogP contribution is -2.29. The van der Waals surface area contributed by atoms with E-state index in [1.807, 2.05) is 0 Å². The first-order chi connectivity index (χ1) is 25.0. The Bertz CT molecular complexity index is 771. The summed E-state index contributed by atoms with van der Waals surface area (Å²) in [6.45, 7) is 11.0. The lowest BCUT2D eigenvalue weighted by atomic mass is 9.94. The van der Waals surface area contributed by atoms with Crippen molar-refractivity contribution in [3.05, 3.63) is 0 Å². The van der Waals surface area contributed by atoms with Gasteiger partial charge in [-0.3, -0.25) is 9.59 Å². The first kappa shape index (κ1) is 47.9. The van der Waals surface area contributed by atoms with Crippen LogP contribution in [0, 0.1) is 11.3 Å². The third-order valence-corrected chi connectivity index (χ3v) is 11.4. The summed E-state index contributed by atoms with van der Waals surface area (Å²) >= 11 is 0. The molecular formula is C45H87NO5. The molecule has 1 rings (SSSR count). The van der Waals surface area contributed by atoms with Crippen molar-refractivity contribution in [2.24, 2.45) is 11.3 Å². The van der Waals surface area contributed by atoms with Gasteiger partial charge in [0.2, 0.25) is 0 Å². The van der Waals surface area contributed by atoms with E-state index in [1.54, 1.807) is 0 Å². The van der Waals surface area contributed by atoms with Crippen LogP contribution in [0.25, 0.3) is 0 Å². The molecule has 0 saturated heterocycles. The molecule has 0 aromatic heterocycles. The van der Waals surface area contributed by atoms with Crippen molar-refractivity contribution >= 4 is 11.9 Å². The fourth-order valence-electron chi connectivity index (χ4n) is 7.69. The molecule has 51 heavy (non-hydrogen) atoms. The number of ether oxygens (including phenoxy) is 2.